The second-order valence-corrected chi connectivity index (χ2v) is 3.36. The topological polar surface area (TPSA) is 30.5 Å². The maximum atomic E-state index is 5.68. The monoisotopic (exact) mass is 209 g/mol. The predicted molar refractivity (Wildman–Crippen MR) is 61.6 cm³/mol. The number of hydrogen-bond acceptors (Lipinski definition) is 3. The van der Waals surface area contributed by atoms with Gasteiger partial charge in [0.15, 0.2) is 11.5 Å². The molecule has 1 N–H and O–H groups in total. The lowest BCUT2D eigenvalue weighted by Gasteiger charge is -2.16. The van der Waals surface area contributed by atoms with Crippen molar-refractivity contribution in [3.8, 4) is 11.5 Å². The molecule has 0 aliphatic rings. The van der Waals surface area contributed by atoms with Gasteiger partial charge in [0.05, 0.1) is 7.11 Å². The first-order valence-corrected chi connectivity index (χ1v) is 5.24. The van der Waals surface area contributed by atoms with Gasteiger partial charge in [0.2, 0.25) is 0 Å². The van der Waals surface area contributed by atoms with Crippen molar-refractivity contribution in [1.82, 2.24) is 5.32 Å². The van der Waals surface area contributed by atoms with Crippen molar-refractivity contribution < 1.29 is 9.47 Å². The highest BCUT2D eigenvalue weighted by molar-refractivity contribution is 5.39. The van der Waals surface area contributed by atoms with Crippen LogP contribution in [0, 0.1) is 0 Å². The number of rotatable bonds is 6. The van der Waals surface area contributed by atoms with Crippen LogP contribution < -0.4 is 14.8 Å². The number of methoxy groups -OCH3 is 1. The van der Waals surface area contributed by atoms with E-state index in [1.807, 2.05) is 31.3 Å². The zero-order valence-corrected chi connectivity index (χ0v) is 9.62. The molecule has 0 aromatic heterocycles. The number of para-hydroxylation sites is 2. The van der Waals surface area contributed by atoms with Gasteiger partial charge < -0.3 is 14.8 Å². The molecule has 0 saturated carbocycles. The summed E-state index contributed by atoms with van der Waals surface area (Å²) in [7, 11) is 3.59. The van der Waals surface area contributed by atoms with E-state index in [1.54, 1.807) is 7.11 Å². The highest BCUT2D eigenvalue weighted by atomic mass is 16.5. The molecule has 1 unspecified atom stereocenters. The Morgan fingerprint density at radius 3 is 2.47 bits per heavy atom. The Bertz CT molecular complexity index is 285. The first-order valence-electron chi connectivity index (χ1n) is 5.24. The van der Waals surface area contributed by atoms with Crippen LogP contribution in [0.3, 0.4) is 0 Å². The van der Waals surface area contributed by atoms with Crippen LogP contribution in [0.4, 0.5) is 0 Å². The first-order chi connectivity index (χ1) is 7.31. The van der Waals surface area contributed by atoms with E-state index in [2.05, 4.69) is 12.2 Å². The van der Waals surface area contributed by atoms with Crippen molar-refractivity contribution in [3.05, 3.63) is 24.3 Å². The third-order valence-electron chi connectivity index (χ3n) is 2.41. The number of likely N-dealkylation sites (N-methyl/N-ethyl adjacent to an activating group) is 1. The molecule has 0 heterocycles. The second kappa shape index (κ2) is 6.30. The van der Waals surface area contributed by atoms with E-state index in [4.69, 9.17) is 9.47 Å². The summed E-state index contributed by atoms with van der Waals surface area (Å²) in [5.74, 6) is 1.58. The summed E-state index contributed by atoms with van der Waals surface area (Å²) in [5.41, 5.74) is 0. The van der Waals surface area contributed by atoms with Gasteiger partial charge in [-0.25, -0.2) is 0 Å². The van der Waals surface area contributed by atoms with Gasteiger partial charge in [-0.3, -0.25) is 0 Å². The van der Waals surface area contributed by atoms with Crippen LogP contribution in [0.25, 0.3) is 0 Å². The van der Waals surface area contributed by atoms with Crippen molar-refractivity contribution in [2.75, 3.05) is 20.8 Å². The van der Waals surface area contributed by atoms with E-state index >= 15 is 0 Å². The lowest BCUT2D eigenvalue weighted by molar-refractivity contribution is 0.254. The molecule has 3 nitrogen and oxygen atoms in total. The number of hydrogen-bond donors (Lipinski definition) is 1. The quantitative estimate of drug-likeness (QED) is 0.778. The summed E-state index contributed by atoms with van der Waals surface area (Å²) < 4.78 is 10.9. The lowest BCUT2D eigenvalue weighted by Crippen LogP contribution is -2.30. The van der Waals surface area contributed by atoms with Crippen LogP contribution >= 0.6 is 0 Å². The molecular weight excluding hydrogens is 190 g/mol. The Hall–Kier alpha value is -1.22. The predicted octanol–water partition coefficient (Wildman–Crippen LogP) is 2.07. The zero-order valence-electron chi connectivity index (χ0n) is 9.62. The molecule has 1 atom stereocenters. The van der Waals surface area contributed by atoms with Crippen molar-refractivity contribution in [2.45, 2.75) is 19.4 Å². The average Bonchev–Trinajstić information content (AvgIpc) is 2.31. The molecule has 0 aliphatic carbocycles. The van der Waals surface area contributed by atoms with Gasteiger partial charge in [0, 0.05) is 6.04 Å². The minimum atomic E-state index is 0.384. The third-order valence-corrected chi connectivity index (χ3v) is 2.41. The van der Waals surface area contributed by atoms with Crippen LogP contribution in [0.5, 0.6) is 11.5 Å². The van der Waals surface area contributed by atoms with Gasteiger partial charge in [-0.2, -0.15) is 0 Å². The lowest BCUT2D eigenvalue weighted by atomic mass is 10.2. The molecule has 84 valence electrons. The van der Waals surface area contributed by atoms with Gasteiger partial charge in [-0.05, 0) is 25.6 Å². The van der Waals surface area contributed by atoms with Crippen LogP contribution in [-0.2, 0) is 0 Å². The largest absolute Gasteiger partial charge is 0.493 e. The van der Waals surface area contributed by atoms with Crippen molar-refractivity contribution in [2.24, 2.45) is 0 Å². The van der Waals surface area contributed by atoms with Crippen LogP contribution in [0.2, 0.25) is 0 Å². The van der Waals surface area contributed by atoms with Crippen LogP contribution in [0.1, 0.15) is 13.3 Å². The van der Waals surface area contributed by atoms with Crippen molar-refractivity contribution in [3.63, 3.8) is 0 Å². The van der Waals surface area contributed by atoms with Crippen molar-refractivity contribution >= 4 is 0 Å². The summed E-state index contributed by atoms with van der Waals surface area (Å²) in [6.07, 6.45) is 1.05. The summed E-state index contributed by atoms with van der Waals surface area (Å²) in [5, 5.41) is 3.19. The van der Waals surface area contributed by atoms with E-state index in [0.29, 0.717) is 12.6 Å². The highest BCUT2D eigenvalue weighted by Gasteiger charge is 2.06. The normalized spacial score (nSPS) is 12.2. The van der Waals surface area contributed by atoms with Gasteiger partial charge in [-0.1, -0.05) is 19.1 Å². The Kier molecular flexibility index (Phi) is 4.98. The molecule has 0 aliphatic heterocycles. The van der Waals surface area contributed by atoms with Gasteiger partial charge in [-0.15, -0.1) is 0 Å². The van der Waals surface area contributed by atoms with Crippen LogP contribution in [-0.4, -0.2) is 26.8 Å². The Morgan fingerprint density at radius 1 is 1.27 bits per heavy atom. The maximum Gasteiger partial charge on any atom is 0.161 e. The molecule has 0 radical (unpaired) electrons. The smallest absolute Gasteiger partial charge is 0.161 e. The van der Waals surface area contributed by atoms with E-state index in [0.717, 1.165) is 17.9 Å². The molecule has 1 rings (SSSR count). The molecule has 0 fully saturated rings. The Labute approximate surface area is 91.4 Å². The summed E-state index contributed by atoms with van der Waals surface area (Å²) >= 11 is 0. The number of nitrogens with one attached hydrogen (secondary N) is 1. The van der Waals surface area contributed by atoms with Crippen molar-refractivity contribution in [1.29, 1.82) is 0 Å². The molecule has 0 spiro atoms. The SMILES string of the molecule is CCC(COc1ccccc1OC)NC. The van der Waals surface area contributed by atoms with E-state index < -0.39 is 0 Å². The Balaban J connectivity index is 2.56. The summed E-state index contributed by atoms with van der Waals surface area (Å²) in [6.45, 7) is 2.79. The average molecular weight is 209 g/mol. The molecule has 1 aromatic carbocycles. The second-order valence-electron chi connectivity index (χ2n) is 3.36. The minimum Gasteiger partial charge on any atom is -0.493 e. The molecule has 0 bridgehead atoms. The maximum absolute atomic E-state index is 5.68. The first kappa shape index (κ1) is 11.9. The van der Waals surface area contributed by atoms with E-state index in [1.165, 1.54) is 0 Å². The molecule has 0 saturated heterocycles. The molecule has 0 amide bonds. The molecular formula is C12H19NO2. The minimum absolute atomic E-state index is 0.384. The van der Waals surface area contributed by atoms with E-state index in [9.17, 15) is 0 Å². The fourth-order valence-corrected chi connectivity index (χ4v) is 1.33. The van der Waals surface area contributed by atoms with Gasteiger partial charge in [0.25, 0.3) is 0 Å². The van der Waals surface area contributed by atoms with E-state index in [-0.39, 0.29) is 0 Å². The number of ether oxygens (including phenoxy) is 2. The van der Waals surface area contributed by atoms with Gasteiger partial charge in [0.1, 0.15) is 6.61 Å². The molecule has 1 aromatic rings. The fraction of sp³-hybridized carbons (Fsp3) is 0.500. The van der Waals surface area contributed by atoms with Gasteiger partial charge >= 0.3 is 0 Å². The standard InChI is InChI=1S/C12H19NO2/c1-4-10(13-2)9-15-12-8-6-5-7-11(12)14-3/h5-8,10,13H,4,9H2,1-3H3. The third kappa shape index (κ3) is 3.44. The highest BCUT2D eigenvalue weighted by Crippen LogP contribution is 2.25. The van der Waals surface area contributed by atoms with Crippen LogP contribution in [0.15, 0.2) is 24.3 Å². The molecule has 15 heavy (non-hydrogen) atoms. The number of benzene rings is 1. The summed E-state index contributed by atoms with van der Waals surface area (Å²) in [6, 6.07) is 8.07. The zero-order chi connectivity index (χ0) is 11.1. The summed E-state index contributed by atoms with van der Waals surface area (Å²) in [4.78, 5) is 0. The fourth-order valence-electron chi connectivity index (χ4n) is 1.33. The molecule has 3 heteroatoms. The Morgan fingerprint density at radius 2 is 1.93 bits per heavy atom.